The molecule has 1 N–H and O–H groups in total. The molecule has 33 heavy (non-hydrogen) atoms. The molecule has 0 bridgehead atoms. The fourth-order valence-corrected chi connectivity index (χ4v) is 5.27. The van der Waals surface area contributed by atoms with Gasteiger partial charge in [-0.15, -0.1) is 0 Å². The first kappa shape index (κ1) is 23.4. The molecule has 2 heterocycles. The molecule has 2 amide bonds. The van der Waals surface area contributed by atoms with Gasteiger partial charge in [0.25, 0.3) is 0 Å². The van der Waals surface area contributed by atoms with E-state index in [1.54, 1.807) is 12.1 Å². The van der Waals surface area contributed by atoms with Gasteiger partial charge in [0, 0.05) is 25.2 Å². The van der Waals surface area contributed by atoms with Crippen LogP contribution in [0.5, 0.6) is 0 Å². The van der Waals surface area contributed by atoms with E-state index in [0.29, 0.717) is 25.9 Å². The zero-order valence-electron chi connectivity index (χ0n) is 19.6. The minimum atomic E-state index is -0.382. The molecule has 0 radical (unpaired) electrons. The molecule has 2 aromatic rings. The number of benzene rings is 2. The first-order valence-electron chi connectivity index (χ1n) is 12.1. The zero-order chi connectivity index (χ0) is 23.4. The summed E-state index contributed by atoms with van der Waals surface area (Å²) < 4.78 is 13.1. The number of nitrogens with one attached hydrogen (secondary N) is 1. The maximum atomic E-state index is 13.3. The zero-order valence-corrected chi connectivity index (χ0v) is 19.6. The Kier molecular flexibility index (Phi) is 7.43. The van der Waals surface area contributed by atoms with Gasteiger partial charge >= 0.3 is 0 Å². The molecule has 2 aliphatic rings. The van der Waals surface area contributed by atoms with E-state index < -0.39 is 0 Å². The van der Waals surface area contributed by atoms with Gasteiger partial charge in [-0.05, 0) is 74.8 Å². The Morgan fingerprint density at radius 1 is 1.00 bits per heavy atom. The Labute approximate surface area is 196 Å². The fraction of sp³-hybridized carbons (Fsp3) is 0.481. The summed E-state index contributed by atoms with van der Waals surface area (Å²) in [6.07, 6.45) is 4.45. The molecular formula is C27H34FN3O2. The molecule has 0 aliphatic carbocycles. The van der Waals surface area contributed by atoms with Gasteiger partial charge in [-0.3, -0.25) is 14.5 Å². The van der Waals surface area contributed by atoms with E-state index in [-0.39, 0.29) is 42.3 Å². The Morgan fingerprint density at radius 3 is 2.36 bits per heavy atom. The Balaban J connectivity index is 1.44. The van der Waals surface area contributed by atoms with Crippen molar-refractivity contribution in [2.24, 2.45) is 0 Å². The number of hydrogen-bond acceptors (Lipinski definition) is 3. The van der Waals surface area contributed by atoms with E-state index in [9.17, 15) is 14.0 Å². The highest BCUT2D eigenvalue weighted by Crippen LogP contribution is 2.26. The predicted molar refractivity (Wildman–Crippen MR) is 127 cm³/mol. The second-order valence-corrected chi connectivity index (χ2v) is 9.49. The first-order chi connectivity index (χ1) is 15.9. The summed E-state index contributed by atoms with van der Waals surface area (Å²) in [6.45, 7) is 5.57. The molecule has 4 rings (SSSR count). The standard InChI is InChI=1S/C27H34FN3O2/c1-19-6-5-7-20(2)31(19)26(32)18-30-17-23-9-4-3-8-22(23)16-25(30)27(33)29-15-14-21-10-12-24(28)13-11-21/h3-4,8-13,19-20,25H,5-7,14-18H2,1-2H3,(H,29,33)/t19-,20-,25+/m1/s1. The van der Waals surface area contributed by atoms with Crippen LogP contribution in [0.15, 0.2) is 48.5 Å². The third-order valence-corrected chi connectivity index (χ3v) is 7.09. The van der Waals surface area contributed by atoms with Crippen molar-refractivity contribution in [1.29, 1.82) is 0 Å². The van der Waals surface area contributed by atoms with Gasteiger partial charge in [0.05, 0.1) is 12.6 Å². The van der Waals surface area contributed by atoms with Crippen molar-refractivity contribution in [2.45, 2.75) is 70.6 Å². The Morgan fingerprint density at radius 2 is 1.67 bits per heavy atom. The van der Waals surface area contributed by atoms with Crippen molar-refractivity contribution in [1.82, 2.24) is 15.1 Å². The molecule has 0 spiro atoms. The number of carbonyl (C=O) groups excluding carboxylic acids is 2. The summed E-state index contributed by atoms with van der Waals surface area (Å²) in [5.41, 5.74) is 3.32. The molecule has 3 atom stereocenters. The summed E-state index contributed by atoms with van der Waals surface area (Å²) in [4.78, 5) is 30.6. The van der Waals surface area contributed by atoms with Crippen LogP contribution in [0.3, 0.4) is 0 Å². The van der Waals surface area contributed by atoms with Crippen molar-refractivity contribution < 1.29 is 14.0 Å². The average Bonchev–Trinajstić information content (AvgIpc) is 2.79. The van der Waals surface area contributed by atoms with Gasteiger partial charge in [-0.25, -0.2) is 4.39 Å². The van der Waals surface area contributed by atoms with Crippen LogP contribution >= 0.6 is 0 Å². The number of amides is 2. The van der Waals surface area contributed by atoms with Gasteiger partial charge in [-0.2, -0.15) is 0 Å². The van der Waals surface area contributed by atoms with Crippen molar-refractivity contribution in [3.05, 3.63) is 71.0 Å². The van der Waals surface area contributed by atoms with Gasteiger partial charge in [0.2, 0.25) is 11.8 Å². The highest BCUT2D eigenvalue weighted by molar-refractivity contribution is 5.84. The third kappa shape index (κ3) is 5.61. The number of fused-ring (bicyclic) bond motifs is 1. The van der Waals surface area contributed by atoms with E-state index >= 15 is 0 Å². The lowest BCUT2D eigenvalue weighted by Crippen LogP contribution is -2.56. The molecule has 2 aliphatic heterocycles. The van der Waals surface area contributed by atoms with Crippen LogP contribution in [0.25, 0.3) is 0 Å². The molecule has 1 fully saturated rings. The van der Waals surface area contributed by atoms with Crippen LogP contribution in [0.1, 0.15) is 49.8 Å². The van der Waals surface area contributed by atoms with Crippen molar-refractivity contribution in [3.63, 3.8) is 0 Å². The molecule has 0 unspecified atom stereocenters. The van der Waals surface area contributed by atoms with Gasteiger partial charge < -0.3 is 10.2 Å². The van der Waals surface area contributed by atoms with Crippen LogP contribution in [-0.2, 0) is 29.0 Å². The van der Waals surface area contributed by atoms with E-state index in [1.807, 2.05) is 21.9 Å². The second kappa shape index (κ2) is 10.5. The molecule has 2 aromatic carbocycles. The molecule has 5 nitrogen and oxygen atoms in total. The normalized spacial score (nSPS) is 23.1. The lowest BCUT2D eigenvalue weighted by atomic mass is 9.93. The van der Waals surface area contributed by atoms with E-state index in [1.165, 1.54) is 23.3 Å². The second-order valence-electron chi connectivity index (χ2n) is 9.49. The largest absolute Gasteiger partial charge is 0.354 e. The summed E-state index contributed by atoms with van der Waals surface area (Å²) in [6, 6.07) is 14.6. The number of likely N-dealkylation sites (tertiary alicyclic amines) is 1. The van der Waals surface area contributed by atoms with Crippen molar-refractivity contribution >= 4 is 11.8 Å². The average molecular weight is 452 g/mol. The number of carbonyl (C=O) groups is 2. The van der Waals surface area contributed by atoms with Crippen molar-refractivity contribution in [3.8, 4) is 0 Å². The van der Waals surface area contributed by atoms with Gasteiger partial charge in [-0.1, -0.05) is 36.4 Å². The predicted octanol–water partition coefficient (Wildman–Crippen LogP) is 3.70. The van der Waals surface area contributed by atoms with E-state index in [0.717, 1.165) is 24.8 Å². The highest BCUT2D eigenvalue weighted by Gasteiger charge is 2.35. The van der Waals surface area contributed by atoms with Crippen LogP contribution in [0, 0.1) is 5.82 Å². The molecular weight excluding hydrogens is 417 g/mol. The fourth-order valence-electron chi connectivity index (χ4n) is 5.27. The minimum Gasteiger partial charge on any atom is -0.354 e. The smallest absolute Gasteiger partial charge is 0.237 e. The lowest BCUT2D eigenvalue weighted by molar-refractivity contribution is -0.140. The van der Waals surface area contributed by atoms with E-state index in [2.05, 4.69) is 31.3 Å². The molecule has 0 aromatic heterocycles. The molecule has 0 saturated carbocycles. The number of piperidine rings is 1. The first-order valence-corrected chi connectivity index (χ1v) is 12.1. The molecule has 176 valence electrons. The maximum Gasteiger partial charge on any atom is 0.237 e. The van der Waals surface area contributed by atoms with Crippen molar-refractivity contribution in [2.75, 3.05) is 13.1 Å². The topological polar surface area (TPSA) is 52.7 Å². The van der Waals surface area contributed by atoms with Crippen LogP contribution < -0.4 is 5.32 Å². The monoisotopic (exact) mass is 451 g/mol. The maximum absolute atomic E-state index is 13.3. The Hall–Kier alpha value is -2.73. The third-order valence-electron chi connectivity index (χ3n) is 7.09. The number of hydrogen-bond donors (Lipinski definition) is 1. The summed E-state index contributed by atoms with van der Waals surface area (Å²) in [5, 5.41) is 3.05. The summed E-state index contributed by atoms with van der Waals surface area (Å²) in [5.74, 6) is -0.210. The van der Waals surface area contributed by atoms with E-state index in [4.69, 9.17) is 0 Å². The number of halogens is 1. The highest BCUT2D eigenvalue weighted by atomic mass is 19.1. The lowest BCUT2D eigenvalue weighted by Gasteiger charge is -2.42. The number of rotatable bonds is 6. The van der Waals surface area contributed by atoms with Crippen LogP contribution in [-0.4, -0.2) is 52.8 Å². The summed E-state index contributed by atoms with van der Waals surface area (Å²) in [7, 11) is 0. The minimum absolute atomic E-state index is 0.0563. The SMILES string of the molecule is C[C@@H]1CCC[C@@H](C)N1C(=O)CN1Cc2ccccc2C[C@H]1C(=O)NCCc1ccc(F)cc1. The summed E-state index contributed by atoms with van der Waals surface area (Å²) >= 11 is 0. The Bertz CT molecular complexity index is 968. The van der Waals surface area contributed by atoms with Gasteiger partial charge in [0.1, 0.15) is 5.82 Å². The molecule has 1 saturated heterocycles. The number of nitrogens with zero attached hydrogens (tertiary/aromatic N) is 2. The van der Waals surface area contributed by atoms with Crippen LogP contribution in [0.4, 0.5) is 4.39 Å². The quantitative estimate of drug-likeness (QED) is 0.729. The van der Waals surface area contributed by atoms with Gasteiger partial charge in [0.15, 0.2) is 0 Å². The molecule has 6 heteroatoms. The van der Waals surface area contributed by atoms with Crippen LogP contribution in [0.2, 0.25) is 0 Å².